The molecular formula is C32H47N3O6S. The molecule has 4 rings (SSSR count). The van der Waals surface area contributed by atoms with Gasteiger partial charge in [0.2, 0.25) is 5.91 Å². The predicted molar refractivity (Wildman–Crippen MR) is 164 cm³/mol. The summed E-state index contributed by atoms with van der Waals surface area (Å²) in [6.07, 6.45) is 15.2. The Labute approximate surface area is 255 Å². The Morgan fingerprint density at radius 2 is 1.86 bits per heavy atom. The third-order valence-corrected chi connectivity index (χ3v) is 11.4. The topological polar surface area (TPSA) is 137 Å². The van der Waals surface area contributed by atoms with E-state index in [-0.39, 0.29) is 35.5 Å². The first kappa shape index (κ1) is 32.4. The van der Waals surface area contributed by atoms with Crippen LogP contribution >= 0.6 is 12.6 Å². The van der Waals surface area contributed by atoms with E-state index in [1.807, 2.05) is 0 Å². The lowest BCUT2D eigenvalue weighted by Crippen LogP contribution is -2.54. The van der Waals surface area contributed by atoms with Crippen molar-refractivity contribution < 1.29 is 29.4 Å². The molecular weight excluding hydrogens is 554 g/mol. The summed E-state index contributed by atoms with van der Waals surface area (Å²) >= 11 is 4.11. The van der Waals surface area contributed by atoms with Gasteiger partial charge in [-0.3, -0.25) is 14.4 Å². The van der Waals surface area contributed by atoms with Crippen LogP contribution in [-0.2, 0) is 19.2 Å². The molecule has 0 aromatic heterocycles. The first-order valence-electron chi connectivity index (χ1n) is 15.3. The number of nitrogens with one attached hydrogen (secondary N) is 2. The van der Waals surface area contributed by atoms with E-state index < -0.39 is 35.5 Å². The van der Waals surface area contributed by atoms with Crippen molar-refractivity contribution in [1.82, 2.24) is 10.6 Å². The number of hydrogen-bond acceptors (Lipinski definition) is 7. The molecule has 0 saturated heterocycles. The van der Waals surface area contributed by atoms with Gasteiger partial charge >= 0.3 is 5.97 Å². The van der Waals surface area contributed by atoms with Crippen molar-refractivity contribution in [2.45, 2.75) is 103 Å². The second kappa shape index (κ2) is 12.6. The number of nitrogens with zero attached hydrogens (tertiary/aromatic N) is 1. The summed E-state index contributed by atoms with van der Waals surface area (Å²) in [6.45, 7) is 7.87. The summed E-state index contributed by atoms with van der Waals surface area (Å²) in [5.41, 5.74) is 1.09. The number of hydrogen-bond donors (Lipinski definition) is 5. The monoisotopic (exact) mass is 601 g/mol. The molecule has 0 aliphatic heterocycles. The molecule has 3 fully saturated rings. The first-order valence-corrected chi connectivity index (χ1v) is 15.9. The van der Waals surface area contributed by atoms with Gasteiger partial charge in [-0.15, -0.1) is 6.42 Å². The summed E-state index contributed by atoms with van der Waals surface area (Å²) in [4.78, 5) is 41.8. The summed E-state index contributed by atoms with van der Waals surface area (Å²) < 4.78 is 0. The Morgan fingerprint density at radius 1 is 1.14 bits per heavy atom. The Balaban J connectivity index is 1.35. The number of thiol groups is 1. The second-order valence-electron chi connectivity index (χ2n) is 13.6. The van der Waals surface area contributed by atoms with Crippen LogP contribution in [0.1, 0.15) is 85.5 Å². The van der Waals surface area contributed by atoms with Crippen molar-refractivity contribution in [3.63, 3.8) is 0 Å². The highest BCUT2D eigenvalue weighted by molar-refractivity contribution is 7.80. The number of rotatable bonds is 10. The largest absolute Gasteiger partial charge is 0.481 e. The maximum atomic E-state index is 12.7. The predicted octanol–water partition coefficient (Wildman–Crippen LogP) is 3.72. The normalized spacial score (nSPS) is 36.0. The van der Waals surface area contributed by atoms with E-state index in [4.69, 9.17) is 16.4 Å². The minimum Gasteiger partial charge on any atom is -0.481 e. The van der Waals surface area contributed by atoms with E-state index in [1.165, 1.54) is 5.57 Å². The number of carboxylic acids is 1. The molecule has 4 aliphatic rings. The third-order valence-electron chi connectivity index (χ3n) is 11.0. The van der Waals surface area contributed by atoms with E-state index >= 15 is 0 Å². The fraction of sp³-hybridized carbons (Fsp3) is 0.750. The SMILES string of the molecule is C#C[C@@]1(O)CC[C@H]2[C@@H]3CCC4=C/C(=N\OCC(=O)N[C@H](C(=O)N[C@@H](CS)CC(=O)O)C(C)C)CC[C@]4(C)[C@H]3CC[C@@]21C. The van der Waals surface area contributed by atoms with Crippen LogP contribution in [0.15, 0.2) is 16.8 Å². The van der Waals surface area contributed by atoms with E-state index in [2.05, 4.69) is 54.3 Å². The fourth-order valence-electron chi connectivity index (χ4n) is 8.48. The van der Waals surface area contributed by atoms with Gasteiger partial charge in [0.25, 0.3) is 5.91 Å². The van der Waals surface area contributed by atoms with Gasteiger partial charge in [0.1, 0.15) is 11.6 Å². The summed E-state index contributed by atoms with van der Waals surface area (Å²) in [5.74, 6) is 2.30. The molecule has 0 heterocycles. The van der Waals surface area contributed by atoms with Gasteiger partial charge in [-0.25, -0.2) is 0 Å². The average Bonchev–Trinajstić information content (AvgIpc) is 3.21. The Morgan fingerprint density at radius 3 is 2.50 bits per heavy atom. The van der Waals surface area contributed by atoms with Gasteiger partial charge in [0.15, 0.2) is 6.61 Å². The lowest BCUT2D eigenvalue weighted by molar-refractivity contribution is -0.138. The molecule has 0 radical (unpaired) electrons. The zero-order chi connectivity index (χ0) is 30.9. The van der Waals surface area contributed by atoms with Crippen LogP contribution in [0.4, 0.5) is 0 Å². The number of amides is 2. The number of carbonyl (C=O) groups is 3. The molecule has 10 heteroatoms. The van der Waals surface area contributed by atoms with Crippen molar-refractivity contribution in [3.8, 4) is 12.3 Å². The van der Waals surface area contributed by atoms with E-state index in [9.17, 15) is 19.5 Å². The van der Waals surface area contributed by atoms with Crippen molar-refractivity contribution in [3.05, 3.63) is 11.6 Å². The lowest BCUT2D eigenvalue weighted by atomic mass is 9.46. The highest BCUT2D eigenvalue weighted by Crippen LogP contribution is 2.67. The van der Waals surface area contributed by atoms with Crippen molar-refractivity contribution in [1.29, 1.82) is 0 Å². The number of aliphatic hydroxyl groups is 1. The Bertz CT molecular complexity index is 1180. The molecule has 3 saturated carbocycles. The van der Waals surface area contributed by atoms with Crippen LogP contribution in [0.2, 0.25) is 0 Å². The average molecular weight is 602 g/mol. The number of allylic oxidation sites excluding steroid dienone is 2. The summed E-state index contributed by atoms with van der Waals surface area (Å²) in [6, 6.07) is -1.48. The van der Waals surface area contributed by atoms with E-state index in [0.717, 1.165) is 50.7 Å². The minimum atomic E-state index is -1.04. The highest BCUT2D eigenvalue weighted by atomic mass is 32.1. The molecule has 9 nitrogen and oxygen atoms in total. The number of carboxylic acid groups (broad SMARTS) is 1. The first-order chi connectivity index (χ1) is 19.8. The van der Waals surface area contributed by atoms with Crippen LogP contribution in [0.5, 0.6) is 0 Å². The maximum absolute atomic E-state index is 12.7. The molecule has 4 N–H and O–H groups in total. The van der Waals surface area contributed by atoms with Crippen LogP contribution in [0.3, 0.4) is 0 Å². The lowest BCUT2D eigenvalue weighted by Gasteiger charge is -2.58. The van der Waals surface area contributed by atoms with Crippen LogP contribution in [0, 0.1) is 46.8 Å². The fourth-order valence-corrected chi connectivity index (χ4v) is 8.70. The third kappa shape index (κ3) is 6.10. The van der Waals surface area contributed by atoms with Gasteiger partial charge in [-0.2, -0.15) is 12.6 Å². The van der Waals surface area contributed by atoms with Crippen LogP contribution < -0.4 is 10.6 Å². The van der Waals surface area contributed by atoms with Gasteiger partial charge in [0.05, 0.1) is 12.1 Å². The highest BCUT2D eigenvalue weighted by Gasteiger charge is 2.63. The molecule has 0 aromatic carbocycles. The molecule has 0 unspecified atom stereocenters. The number of fused-ring (bicyclic) bond motifs is 5. The Hall–Kier alpha value is -2.51. The quantitative estimate of drug-likeness (QED) is 0.147. The van der Waals surface area contributed by atoms with Crippen LogP contribution in [0.25, 0.3) is 0 Å². The van der Waals surface area contributed by atoms with Crippen molar-refractivity contribution >= 4 is 36.1 Å². The molecule has 42 heavy (non-hydrogen) atoms. The van der Waals surface area contributed by atoms with Gasteiger partial charge in [-0.1, -0.05) is 44.3 Å². The number of carbonyl (C=O) groups excluding carboxylic acids is 2. The number of oxime groups is 1. The van der Waals surface area contributed by atoms with Gasteiger partial charge in [-0.05, 0) is 86.5 Å². The van der Waals surface area contributed by atoms with Crippen molar-refractivity contribution in [2.75, 3.05) is 12.4 Å². The second-order valence-corrected chi connectivity index (χ2v) is 14.0. The molecule has 2 amide bonds. The van der Waals surface area contributed by atoms with Gasteiger partial charge < -0.3 is 25.7 Å². The summed E-state index contributed by atoms with van der Waals surface area (Å²) in [5, 5.41) is 29.9. The number of aliphatic carboxylic acids is 1. The van der Waals surface area contributed by atoms with Crippen molar-refractivity contribution in [2.24, 2.45) is 39.7 Å². The van der Waals surface area contributed by atoms with Crippen LogP contribution in [-0.4, -0.2) is 63.8 Å². The molecule has 232 valence electrons. The molecule has 0 aromatic rings. The number of terminal acetylenes is 1. The Kier molecular flexibility index (Phi) is 9.73. The standard InChI is InChI=1S/C32H47N3O6S/c1-6-32(40)14-11-25-23-8-7-20-15-21(9-12-30(20,4)24(23)10-13-31(25,32)5)35-41-17-26(36)34-28(19(2)3)29(39)33-22(18-42)16-27(37)38/h1,15,19,22-25,28,40,42H,7-14,16-18H2,2-5H3,(H,33,39)(H,34,36)(H,37,38)/b35-21-/t22-,23-,24+,25+,28+,30+,31+,32-/m1/s1. The van der Waals surface area contributed by atoms with Gasteiger partial charge in [0, 0.05) is 17.2 Å². The zero-order valence-corrected chi connectivity index (χ0v) is 26.2. The molecule has 0 spiro atoms. The molecule has 4 aliphatic carbocycles. The minimum absolute atomic E-state index is 0.0842. The molecule has 0 bridgehead atoms. The smallest absolute Gasteiger partial charge is 0.305 e. The van der Waals surface area contributed by atoms with E-state index in [1.54, 1.807) is 13.8 Å². The molecule has 8 atom stereocenters. The maximum Gasteiger partial charge on any atom is 0.305 e. The summed E-state index contributed by atoms with van der Waals surface area (Å²) in [7, 11) is 0. The van der Waals surface area contributed by atoms with E-state index in [0.29, 0.717) is 24.2 Å². The zero-order valence-electron chi connectivity index (χ0n) is 25.3.